The fraction of sp³-hybridized carbons (Fsp3) is 0.176. The first-order valence-corrected chi connectivity index (χ1v) is 6.80. The molecule has 0 aliphatic rings. The van der Waals surface area contributed by atoms with Crippen molar-refractivity contribution < 1.29 is 5.11 Å². The molecule has 0 saturated carbocycles. The summed E-state index contributed by atoms with van der Waals surface area (Å²) < 4.78 is 0. The van der Waals surface area contributed by atoms with Crippen molar-refractivity contribution >= 4 is 10.9 Å². The van der Waals surface area contributed by atoms with Crippen molar-refractivity contribution in [3.05, 3.63) is 71.4 Å². The van der Waals surface area contributed by atoms with E-state index >= 15 is 0 Å². The molecule has 3 rings (SSSR count). The van der Waals surface area contributed by atoms with Crippen molar-refractivity contribution in [1.29, 1.82) is 0 Å². The largest absolute Gasteiger partial charge is 0.387 e. The molecule has 0 aliphatic heterocycles. The topological polar surface area (TPSA) is 62.0 Å². The highest BCUT2D eigenvalue weighted by Gasteiger charge is 2.10. The summed E-state index contributed by atoms with van der Waals surface area (Å²) in [5.74, 6) is 0. The lowest BCUT2D eigenvalue weighted by atomic mass is 9.96. The highest BCUT2D eigenvalue weighted by Crippen LogP contribution is 2.22. The second kappa shape index (κ2) is 5.49. The number of aliphatic hydroxyl groups excluding tert-OH is 1. The van der Waals surface area contributed by atoms with Crippen LogP contribution in [-0.2, 0) is 6.42 Å². The summed E-state index contributed by atoms with van der Waals surface area (Å²) in [6, 6.07) is 16.4. The van der Waals surface area contributed by atoms with Gasteiger partial charge in [0.2, 0.25) is 0 Å². The summed E-state index contributed by atoms with van der Waals surface area (Å²) >= 11 is 0. The number of nitrogens with one attached hydrogen (secondary N) is 1. The monoisotopic (exact) mass is 266 g/mol. The SMILES string of the molecule is NCC(O)c1ccccc1Cc1ccc2[nH]ccc2c1. The third kappa shape index (κ3) is 2.46. The third-order valence-corrected chi connectivity index (χ3v) is 3.65. The molecule has 3 heteroatoms. The minimum atomic E-state index is -0.595. The van der Waals surface area contributed by atoms with E-state index in [9.17, 15) is 5.11 Å². The highest BCUT2D eigenvalue weighted by atomic mass is 16.3. The second-order valence-corrected chi connectivity index (χ2v) is 5.03. The maximum Gasteiger partial charge on any atom is 0.0915 e. The van der Waals surface area contributed by atoms with Crippen LogP contribution in [0.25, 0.3) is 10.9 Å². The van der Waals surface area contributed by atoms with Crippen LogP contribution in [0.3, 0.4) is 0 Å². The summed E-state index contributed by atoms with van der Waals surface area (Å²) in [5.41, 5.74) is 9.99. The molecule has 0 fully saturated rings. The molecular formula is C17H18N2O. The van der Waals surface area contributed by atoms with Gasteiger partial charge in [0.1, 0.15) is 0 Å². The molecule has 0 aliphatic carbocycles. The number of benzene rings is 2. The van der Waals surface area contributed by atoms with Gasteiger partial charge in [0, 0.05) is 18.3 Å². The van der Waals surface area contributed by atoms with Gasteiger partial charge in [-0.1, -0.05) is 30.3 Å². The van der Waals surface area contributed by atoms with Crippen LogP contribution in [0.5, 0.6) is 0 Å². The van der Waals surface area contributed by atoms with Gasteiger partial charge in [-0.05, 0) is 46.7 Å². The Morgan fingerprint density at radius 3 is 2.80 bits per heavy atom. The van der Waals surface area contributed by atoms with Gasteiger partial charge in [-0.2, -0.15) is 0 Å². The van der Waals surface area contributed by atoms with Gasteiger partial charge in [-0.15, -0.1) is 0 Å². The van der Waals surface area contributed by atoms with Crippen molar-refractivity contribution in [3.63, 3.8) is 0 Å². The summed E-state index contributed by atoms with van der Waals surface area (Å²) in [5, 5.41) is 11.2. The number of hydrogen-bond donors (Lipinski definition) is 3. The number of rotatable bonds is 4. The zero-order valence-electron chi connectivity index (χ0n) is 11.2. The number of aromatic amines is 1. The molecular weight excluding hydrogens is 248 g/mol. The molecule has 0 spiro atoms. The zero-order chi connectivity index (χ0) is 13.9. The van der Waals surface area contributed by atoms with Gasteiger partial charge in [0.15, 0.2) is 0 Å². The molecule has 1 unspecified atom stereocenters. The summed E-state index contributed by atoms with van der Waals surface area (Å²) in [4.78, 5) is 3.19. The van der Waals surface area contributed by atoms with E-state index in [0.717, 1.165) is 23.1 Å². The molecule has 1 atom stereocenters. The number of hydrogen-bond acceptors (Lipinski definition) is 2. The predicted octanol–water partition coefficient (Wildman–Crippen LogP) is 2.75. The Balaban J connectivity index is 1.94. The number of aromatic nitrogens is 1. The average Bonchev–Trinajstić information content (AvgIpc) is 2.94. The van der Waals surface area contributed by atoms with Crippen LogP contribution in [0.15, 0.2) is 54.7 Å². The Labute approximate surface area is 118 Å². The van der Waals surface area contributed by atoms with E-state index in [0.29, 0.717) is 0 Å². The maximum atomic E-state index is 10.00. The van der Waals surface area contributed by atoms with Gasteiger partial charge in [0.25, 0.3) is 0 Å². The Bertz CT molecular complexity index is 718. The molecule has 0 amide bonds. The van der Waals surface area contributed by atoms with Crippen molar-refractivity contribution in [3.8, 4) is 0 Å². The highest BCUT2D eigenvalue weighted by molar-refractivity contribution is 5.80. The Morgan fingerprint density at radius 1 is 1.10 bits per heavy atom. The first-order chi connectivity index (χ1) is 9.78. The van der Waals surface area contributed by atoms with Gasteiger partial charge in [0.05, 0.1) is 6.10 Å². The summed E-state index contributed by atoms with van der Waals surface area (Å²) in [6.07, 6.45) is 2.15. The van der Waals surface area contributed by atoms with E-state index in [1.165, 1.54) is 10.9 Å². The fourth-order valence-electron chi connectivity index (χ4n) is 2.58. The van der Waals surface area contributed by atoms with E-state index in [4.69, 9.17) is 5.73 Å². The van der Waals surface area contributed by atoms with Crippen LogP contribution in [0.1, 0.15) is 22.8 Å². The Hall–Kier alpha value is -2.10. The zero-order valence-corrected chi connectivity index (χ0v) is 11.2. The fourth-order valence-corrected chi connectivity index (χ4v) is 2.58. The Morgan fingerprint density at radius 2 is 1.95 bits per heavy atom. The molecule has 2 aromatic carbocycles. The van der Waals surface area contributed by atoms with Gasteiger partial charge >= 0.3 is 0 Å². The second-order valence-electron chi connectivity index (χ2n) is 5.03. The van der Waals surface area contributed by atoms with E-state index in [1.54, 1.807) is 0 Å². The third-order valence-electron chi connectivity index (χ3n) is 3.65. The molecule has 4 N–H and O–H groups in total. The number of fused-ring (bicyclic) bond motifs is 1. The predicted molar refractivity (Wildman–Crippen MR) is 81.6 cm³/mol. The molecule has 0 saturated heterocycles. The van der Waals surface area contributed by atoms with Crippen molar-refractivity contribution in [1.82, 2.24) is 4.98 Å². The van der Waals surface area contributed by atoms with E-state index in [2.05, 4.69) is 35.3 Å². The first kappa shape index (κ1) is 12.9. The van der Waals surface area contributed by atoms with Crippen molar-refractivity contribution in [2.45, 2.75) is 12.5 Å². The smallest absolute Gasteiger partial charge is 0.0915 e. The lowest BCUT2D eigenvalue weighted by Gasteiger charge is -2.14. The Kier molecular flexibility index (Phi) is 3.54. The molecule has 0 radical (unpaired) electrons. The minimum absolute atomic E-state index is 0.244. The lowest BCUT2D eigenvalue weighted by molar-refractivity contribution is 0.186. The number of H-pyrrole nitrogens is 1. The van der Waals surface area contributed by atoms with Crippen LogP contribution in [0.4, 0.5) is 0 Å². The van der Waals surface area contributed by atoms with Crippen LogP contribution in [-0.4, -0.2) is 16.6 Å². The molecule has 0 bridgehead atoms. The standard InChI is InChI=1S/C17H18N2O/c18-11-17(20)15-4-2-1-3-13(15)9-12-5-6-16-14(10-12)7-8-19-16/h1-8,10,17,19-20H,9,11,18H2. The van der Waals surface area contributed by atoms with E-state index < -0.39 is 6.10 Å². The normalized spacial score (nSPS) is 12.7. The van der Waals surface area contributed by atoms with Crippen molar-refractivity contribution in [2.75, 3.05) is 6.54 Å². The molecule has 1 aromatic heterocycles. The minimum Gasteiger partial charge on any atom is -0.387 e. The number of nitrogens with two attached hydrogens (primary N) is 1. The van der Waals surface area contributed by atoms with E-state index in [1.807, 2.05) is 24.4 Å². The van der Waals surface area contributed by atoms with Crippen molar-refractivity contribution in [2.24, 2.45) is 5.73 Å². The van der Waals surface area contributed by atoms with Gasteiger partial charge in [-0.25, -0.2) is 0 Å². The molecule has 1 heterocycles. The summed E-state index contributed by atoms with van der Waals surface area (Å²) in [6.45, 7) is 0.244. The molecule has 3 nitrogen and oxygen atoms in total. The average molecular weight is 266 g/mol. The van der Waals surface area contributed by atoms with Gasteiger partial charge in [-0.3, -0.25) is 0 Å². The van der Waals surface area contributed by atoms with Crippen LogP contribution in [0.2, 0.25) is 0 Å². The van der Waals surface area contributed by atoms with Gasteiger partial charge < -0.3 is 15.8 Å². The molecule has 3 aromatic rings. The maximum absolute atomic E-state index is 10.00. The quantitative estimate of drug-likeness (QED) is 0.680. The lowest BCUT2D eigenvalue weighted by Crippen LogP contribution is -2.13. The van der Waals surface area contributed by atoms with Crippen LogP contribution in [0, 0.1) is 0 Å². The number of aliphatic hydroxyl groups is 1. The van der Waals surface area contributed by atoms with Crippen LogP contribution >= 0.6 is 0 Å². The van der Waals surface area contributed by atoms with Crippen LogP contribution < -0.4 is 5.73 Å². The summed E-state index contributed by atoms with van der Waals surface area (Å²) in [7, 11) is 0. The first-order valence-electron chi connectivity index (χ1n) is 6.80. The molecule has 20 heavy (non-hydrogen) atoms. The van der Waals surface area contributed by atoms with E-state index in [-0.39, 0.29) is 6.54 Å². The molecule has 102 valence electrons.